The first-order valence-corrected chi connectivity index (χ1v) is 9.39. The van der Waals surface area contributed by atoms with E-state index in [4.69, 9.17) is 4.74 Å². The fraction of sp³-hybridized carbons (Fsp3) is 0.714. The normalized spacial score (nSPS) is 21.1. The van der Waals surface area contributed by atoms with Gasteiger partial charge in [0.05, 0.1) is 0 Å². The summed E-state index contributed by atoms with van der Waals surface area (Å²) in [7, 11) is 0. The molecule has 3 N–H and O–H groups in total. The first kappa shape index (κ1) is 20.2. The van der Waals surface area contributed by atoms with Crippen LogP contribution < -0.4 is 15.4 Å². The third kappa shape index (κ3) is 5.98. The lowest BCUT2D eigenvalue weighted by molar-refractivity contribution is 0.0896. The Balaban J connectivity index is 1.84. The fourth-order valence-corrected chi connectivity index (χ4v) is 4.40. The van der Waals surface area contributed by atoms with Gasteiger partial charge in [-0.2, -0.15) is 0 Å². The van der Waals surface area contributed by atoms with Crippen LogP contribution in [0.25, 0.3) is 0 Å². The Kier molecular flexibility index (Phi) is 6.18. The quantitative estimate of drug-likeness (QED) is 0.739. The molecule has 25 heavy (non-hydrogen) atoms. The van der Waals surface area contributed by atoms with Gasteiger partial charge in [0, 0.05) is 23.7 Å². The third-order valence-electron chi connectivity index (χ3n) is 4.86. The molecule has 1 aliphatic rings. The van der Waals surface area contributed by atoms with Crippen molar-refractivity contribution >= 4 is 0 Å². The standard InChI is InChI=1S/C21H36N2O2/c1-14-8-15(2)19(16(3)9-14)25-13-18(24)12-22-17-10-20(4,5)23-21(6,7)11-17/h8-9,17-18,22-24H,10-13H2,1-7H3. The van der Waals surface area contributed by atoms with E-state index in [2.05, 4.69) is 71.2 Å². The van der Waals surface area contributed by atoms with Gasteiger partial charge in [-0.1, -0.05) is 17.7 Å². The minimum atomic E-state index is -0.513. The summed E-state index contributed by atoms with van der Waals surface area (Å²) >= 11 is 0. The second-order valence-corrected chi connectivity index (χ2v) is 9.10. The number of aliphatic hydroxyl groups excluding tert-OH is 1. The molecule has 0 saturated carbocycles. The molecule has 1 saturated heterocycles. The van der Waals surface area contributed by atoms with E-state index in [0.717, 1.165) is 29.7 Å². The number of hydrogen-bond acceptors (Lipinski definition) is 4. The molecule has 2 rings (SSSR count). The van der Waals surface area contributed by atoms with Crippen LogP contribution in [0.1, 0.15) is 57.2 Å². The van der Waals surface area contributed by atoms with Gasteiger partial charge in [0.1, 0.15) is 18.5 Å². The Bertz CT molecular complexity index is 557. The zero-order chi connectivity index (χ0) is 18.8. The van der Waals surface area contributed by atoms with Crippen molar-refractivity contribution < 1.29 is 9.84 Å². The van der Waals surface area contributed by atoms with Gasteiger partial charge in [-0.05, 0) is 72.4 Å². The number of ether oxygens (including phenoxy) is 1. The van der Waals surface area contributed by atoms with Gasteiger partial charge in [0.15, 0.2) is 0 Å². The van der Waals surface area contributed by atoms with Crippen molar-refractivity contribution in [2.45, 2.75) is 84.5 Å². The van der Waals surface area contributed by atoms with Crippen molar-refractivity contribution in [2.24, 2.45) is 0 Å². The Labute approximate surface area is 153 Å². The average molecular weight is 349 g/mol. The highest BCUT2D eigenvalue weighted by Crippen LogP contribution is 2.28. The van der Waals surface area contributed by atoms with Gasteiger partial charge < -0.3 is 20.5 Å². The number of aliphatic hydroxyl groups is 1. The molecule has 1 aromatic rings. The second-order valence-electron chi connectivity index (χ2n) is 9.10. The van der Waals surface area contributed by atoms with Crippen LogP contribution >= 0.6 is 0 Å². The molecule has 0 bridgehead atoms. The van der Waals surface area contributed by atoms with Gasteiger partial charge in [-0.3, -0.25) is 0 Å². The summed E-state index contributed by atoms with van der Waals surface area (Å²) in [6.07, 6.45) is 1.60. The summed E-state index contributed by atoms with van der Waals surface area (Å²) in [5.41, 5.74) is 3.70. The summed E-state index contributed by atoms with van der Waals surface area (Å²) in [4.78, 5) is 0. The molecule has 1 aliphatic heterocycles. The van der Waals surface area contributed by atoms with Gasteiger partial charge in [-0.15, -0.1) is 0 Å². The summed E-state index contributed by atoms with van der Waals surface area (Å²) < 4.78 is 5.90. The topological polar surface area (TPSA) is 53.5 Å². The average Bonchev–Trinajstić information content (AvgIpc) is 2.40. The maximum Gasteiger partial charge on any atom is 0.125 e. The zero-order valence-corrected chi connectivity index (χ0v) is 17.0. The lowest BCUT2D eigenvalue weighted by atomic mass is 9.79. The highest BCUT2D eigenvalue weighted by molar-refractivity contribution is 5.42. The van der Waals surface area contributed by atoms with E-state index in [0.29, 0.717) is 19.2 Å². The van der Waals surface area contributed by atoms with E-state index >= 15 is 0 Å². The van der Waals surface area contributed by atoms with Crippen molar-refractivity contribution in [3.63, 3.8) is 0 Å². The number of benzene rings is 1. The Morgan fingerprint density at radius 1 is 1.12 bits per heavy atom. The molecule has 0 radical (unpaired) electrons. The molecule has 4 nitrogen and oxygen atoms in total. The smallest absolute Gasteiger partial charge is 0.125 e. The lowest BCUT2D eigenvalue weighted by Crippen LogP contribution is -2.62. The van der Waals surface area contributed by atoms with Crippen LogP contribution in [0.15, 0.2) is 12.1 Å². The third-order valence-corrected chi connectivity index (χ3v) is 4.86. The van der Waals surface area contributed by atoms with Crippen molar-refractivity contribution in [1.29, 1.82) is 0 Å². The minimum Gasteiger partial charge on any atom is -0.490 e. The monoisotopic (exact) mass is 348 g/mol. The van der Waals surface area contributed by atoms with E-state index in [9.17, 15) is 5.11 Å². The minimum absolute atomic E-state index is 0.108. The first-order valence-electron chi connectivity index (χ1n) is 9.39. The molecular weight excluding hydrogens is 312 g/mol. The molecular formula is C21H36N2O2. The van der Waals surface area contributed by atoms with Crippen LogP contribution in [0, 0.1) is 20.8 Å². The summed E-state index contributed by atoms with van der Waals surface area (Å²) in [6, 6.07) is 4.64. The number of rotatable bonds is 6. The molecule has 0 aliphatic carbocycles. The maximum atomic E-state index is 10.3. The molecule has 0 spiro atoms. The van der Waals surface area contributed by atoms with Crippen LogP contribution in [0.3, 0.4) is 0 Å². The highest BCUT2D eigenvalue weighted by atomic mass is 16.5. The van der Waals surface area contributed by atoms with Crippen LogP contribution in [0.2, 0.25) is 0 Å². The Hall–Kier alpha value is -1.10. The summed E-state index contributed by atoms with van der Waals surface area (Å²) in [5.74, 6) is 0.897. The number of piperidine rings is 1. The SMILES string of the molecule is Cc1cc(C)c(OCC(O)CNC2CC(C)(C)NC(C)(C)C2)c(C)c1. The molecule has 1 heterocycles. The summed E-state index contributed by atoms with van der Waals surface area (Å²) in [5, 5.41) is 17.6. The van der Waals surface area contributed by atoms with Crippen molar-refractivity contribution in [1.82, 2.24) is 10.6 Å². The van der Waals surface area contributed by atoms with E-state index in [1.807, 2.05) is 0 Å². The zero-order valence-electron chi connectivity index (χ0n) is 17.0. The molecule has 1 aromatic carbocycles. The predicted octanol–water partition coefficient (Wildman–Crippen LogP) is 3.25. The number of hydrogen-bond donors (Lipinski definition) is 3. The molecule has 0 aromatic heterocycles. The fourth-order valence-electron chi connectivity index (χ4n) is 4.40. The largest absolute Gasteiger partial charge is 0.490 e. The van der Waals surface area contributed by atoms with Crippen LogP contribution in [-0.4, -0.2) is 41.5 Å². The van der Waals surface area contributed by atoms with Crippen molar-refractivity contribution in [2.75, 3.05) is 13.2 Å². The molecule has 1 unspecified atom stereocenters. The van der Waals surface area contributed by atoms with Crippen LogP contribution in [0.5, 0.6) is 5.75 Å². The van der Waals surface area contributed by atoms with Gasteiger partial charge in [0.25, 0.3) is 0 Å². The Morgan fingerprint density at radius 2 is 1.64 bits per heavy atom. The van der Waals surface area contributed by atoms with E-state index in [-0.39, 0.29) is 11.1 Å². The Morgan fingerprint density at radius 3 is 2.16 bits per heavy atom. The van der Waals surface area contributed by atoms with E-state index < -0.39 is 6.10 Å². The molecule has 0 amide bonds. The maximum absolute atomic E-state index is 10.3. The molecule has 142 valence electrons. The lowest BCUT2D eigenvalue weighted by Gasteiger charge is -2.47. The number of aryl methyl sites for hydroxylation is 3. The van der Waals surface area contributed by atoms with Gasteiger partial charge in [-0.25, -0.2) is 0 Å². The van der Waals surface area contributed by atoms with Gasteiger partial charge >= 0.3 is 0 Å². The first-order chi connectivity index (χ1) is 11.5. The van der Waals surface area contributed by atoms with E-state index in [1.54, 1.807) is 0 Å². The second kappa shape index (κ2) is 7.65. The predicted molar refractivity (Wildman–Crippen MR) is 104 cm³/mol. The molecule has 1 fully saturated rings. The van der Waals surface area contributed by atoms with Crippen molar-refractivity contribution in [3.8, 4) is 5.75 Å². The van der Waals surface area contributed by atoms with Crippen LogP contribution in [-0.2, 0) is 0 Å². The van der Waals surface area contributed by atoms with Gasteiger partial charge in [0.2, 0.25) is 0 Å². The van der Waals surface area contributed by atoms with E-state index in [1.165, 1.54) is 5.56 Å². The number of nitrogens with one attached hydrogen (secondary N) is 2. The highest BCUT2D eigenvalue weighted by Gasteiger charge is 2.37. The van der Waals surface area contributed by atoms with Crippen molar-refractivity contribution in [3.05, 3.63) is 28.8 Å². The van der Waals surface area contributed by atoms with Crippen LogP contribution in [0.4, 0.5) is 0 Å². The molecule has 1 atom stereocenters. The molecule has 4 heteroatoms. The summed E-state index contributed by atoms with van der Waals surface area (Å²) in [6.45, 7) is 16.0.